The Morgan fingerprint density at radius 1 is 1.34 bits per heavy atom. The minimum atomic E-state index is -3.58. The molecule has 3 atom stereocenters. The van der Waals surface area contributed by atoms with Crippen molar-refractivity contribution < 1.29 is 18.3 Å². The Bertz CT molecular complexity index is 1200. The number of aliphatic hydroxyl groups excluding tert-OH is 1. The monoisotopic (exact) mass is 522 g/mol. The Hall–Kier alpha value is -2.63. The molecule has 3 aliphatic rings. The van der Waals surface area contributed by atoms with E-state index >= 15 is 0 Å². The molecule has 1 aromatic carbocycles. The number of halogens is 1. The van der Waals surface area contributed by atoms with Crippen LogP contribution in [-0.2, 0) is 10.0 Å². The van der Waals surface area contributed by atoms with Gasteiger partial charge in [-0.15, -0.1) is 0 Å². The number of amides is 1. The first kappa shape index (κ1) is 25.5. The quantitative estimate of drug-likeness (QED) is 0.526. The van der Waals surface area contributed by atoms with Gasteiger partial charge in [0, 0.05) is 35.8 Å². The third-order valence-electron chi connectivity index (χ3n) is 6.23. The molecule has 10 nitrogen and oxygen atoms in total. The molecule has 0 aromatic heterocycles. The first-order chi connectivity index (χ1) is 16.6. The van der Waals surface area contributed by atoms with Gasteiger partial charge >= 0.3 is 0 Å². The van der Waals surface area contributed by atoms with E-state index in [1.165, 1.54) is 12.1 Å². The van der Waals surface area contributed by atoms with Gasteiger partial charge in [-0.1, -0.05) is 11.6 Å². The first-order valence-electron chi connectivity index (χ1n) is 11.6. The van der Waals surface area contributed by atoms with Gasteiger partial charge in [0.25, 0.3) is 5.91 Å². The van der Waals surface area contributed by atoms with Crippen molar-refractivity contribution in [2.45, 2.75) is 57.8 Å². The summed E-state index contributed by atoms with van der Waals surface area (Å²) in [5.74, 6) is 0.446. The van der Waals surface area contributed by atoms with Crippen LogP contribution in [0.15, 0.2) is 40.1 Å². The van der Waals surface area contributed by atoms with Gasteiger partial charge in [0.2, 0.25) is 10.0 Å². The molecule has 3 aliphatic heterocycles. The summed E-state index contributed by atoms with van der Waals surface area (Å²) in [4.78, 5) is 20.3. The van der Waals surface area contributed by atoms with Gasteiger partial charge in [-0.3, -0.25) is 9.52 Å². The number of carbonyl (C=O) groups excluding carboxylic acids is 1. The van der Waals surface area contributed by atoms with E-state index in [9.17, 15) is 18.3 Å². The highest BCUT2D eigenvalue weighted by Gasteiger charge is 2.38. The van der Waals surface area contributed by atoms with Crippen LogP contribution in [-0.4, -0.2) is 78.5 Å². The molecule has 0 radical (unpaired) electrons. The smallest absolute Gasteiger partial charge is 0.256 e. The Balaban J connectivity index is 1.59. The van der Waals surface area contributed by atoms with E-state index in [1.807, 2.05) is 25.1 Å². The fraction of sp³-hybridized carbons (Fsp3) is 0.522. The zero-order chi connectivity index (χ0) is 25.3. The topological polar surface area (TPSA) is 127 Å². The zero-order valence-corrected chi connectivity index (χ0v) is 21.6. The number of piperidine rings is 1. The number of hydrogen-bond acceptors (Lipinski definition) is 8. The van der Waals surface area contributed by atoms with Crippen LogP contribution in [0, 0.1) is 0 Å². The van der Waals surface area contributed by atoms with Crippen molar-refractivity contribution in [1.82, 2.24) is 15.2 Å². The highest BCUT2D eigenvalue weighted by atomic mass is 35.5. The lowest BCUT2D eigenvalue weighted by Gasteiger charge is -2.36. The van der Waals surface area contributed by atoms with E-state index in [4.69, 9.17) is 21.7 Å². The maximum atomic E-state index is 13.7. The second kappa shape index (κ2) is 10.2. The number of fused-ring (bicyclic) bond motifs is 1. The summed E-state index contributed by atoms with van der Waals surface area (Å²) in [7, 11) is -3.58. The van der Waals surface area contributed by atoms with Crippen LogP contribution in [0.25, 0.3) is 0 Å². The summed E-state index contributed by atoms with van der Waals surface area (Å²) in [5.41, 5.74) is 2.20. The van der Waals surface area contributed by atoms with Gasteiger partial charge in [-0.2, -0.15) is 5.10 Å². The normalized spacial score (nSPS) is 23.2. The second-order valence-electron chi connectivity index (χ2n) is 9.25. The van der Waals surface area contributed by atoms with Gasteiger partial charge in [0.05, 0.1) is 35.9 Å². The number of likely N-dealkylation sites (tertiary alicyclic amines) is 1. The number of rotatable bonds is 6. The fourth-order valence-electron chi connectivity index (χ4n) is 4.56. The van der Waals surface area contributed by atoms with Crippen molar-refractivity contribution in [3.63, 3.8) is 0 Å². The molecular formula is C23H31ClN6O4S. The number of benzene rings is 1. The van der Waals surface area contributed by atoms with Crippen molar-refractivity contribution in [3.8, 4) is 0 Å². The van der Waals surface area contributed by atoms with Crippen LogP contribution in [0.5, 0.6) is 0 Å². The van der Waals surface area contributed by atoms with Crippen molar-refractivity contribution in [3.05, 3.63) is 40.6 Å². The van der Waals surface area contributed by atoms with E-state index in [2.05, 4.69) is 10.0 Å². The number of nitrogens with zero attached hydrogens (tertiary/aromatic N) is 4. The predicted molar refractivity (Wildman–Crippen MR) is 137 cm³/mol. The number of nitrogens with one attached hydrogen (secondary N) is 2. The van der Waals surface area contributed by atoms with Crippen LogP contribution in [0.2, 0.25) is 5.02 Å². The minimum Gasteiger partial charge on any atom is -0.394 e. The molecule has 1 saturated heterocycles. The summed E-state index contributed by atoms with van der Waals surface area (Å²) in [6.45, 7) is 4.36. The number of carbonyl (C=O) groups is 1. The highest BCUT2D eigenvalue weighted by molar-refractivity contribution is 7.92. The molecule has 1 unspecified atom stereocenters. The lowest BCUT2D eigenvalue weighted by molar-refractivity contribution is 0.0680. The van der Waals surface area contributed by atoms with E-state index in [-0.39, 0.29) is 42.0 Å². The number of sulfonamides is 1. The Morgan fingerprint density at radius 3 is 2.83 bits per heavy atom. The second-order valence-corrected chi connectivity index (χ2v) is 11.4. The van der Waals surface area contributed by atoms with Crippen LogP contribution in [0.4, 0.5) is 5.69 Å². The average molecular weight is 523 g/mol. The molecule has 1 amide bonds. The molecular weight excluding hydrogens is 492 g/mol. The average Bonchev–Trinajstić information content (AvgIpc) is 3.21. The lowest BCUT2D eigenvalue weighted by Crippen LogP contribution is -2.48. The van der Waals surface area contributed by atoms with Gasteiger partial charge < -0.3 is 15.3 Å². The van der Waals surface area contributed by atoms with Crippen molar-refractivity contribution in [2.24, 2.45) is 10.1 Å². The minimum absolute atomic E-state index is 0.00125. The van der Waals surface area contributed by atoms with Gasteiger partial charge in [0.15, 0.2) is 0 Å². The van der Waals surface area contributed by atoms with E-state index in [0.717, 1.165) is 42.6 Å². The number of hydrogen-bond donors (Lipinski definition) is 3. The highest BCUT2D eigenvalue weighted by Crippen LogP contribution is 2.31. The van der Waals surface area contributed by atoms with E-state index in [1.54, 1.807) is 11.0 Å². The molecule has 190 valence electrons. The zero-order valence-electron chi connectivity index (χ0n) is 20.0. The van der Waals surface area contributed by atoms with Crippen molar-refractivity contribution in [1.29, 1.82) is 0 Å². The largest absolute Gasteiger partial charge is 0.394 e. The van der Waals surface area contributed by atoms with Crippen molar-refractivity contribution >= 4 is 44.8 Å². The number of aliphatic imine (C=N–C) groups is 1. The number of aliphatic hydroxyl groups is 1. The molecule has 0 saturated carbocycles. The van der Waals surface area contributed by atoms with E-state index < -0.39 is 10.0 Å². The Labute approximate surface area is 210 Å². The number of anilines is 1. The predicted octanol–water partition coefficient (Wildman–Crippen LogP) is 2.38. The third kappa shape index (κ3) is 5.79. The third-order valence-corrected chi connectivity index (χ3v) is 7.06. The SMILES string of the molecule is CC1=CN2N=C([C@@H]3CCCCN3C(=O)c3cc(Cl)ccc3NS(C)(=O)=O)CC2N=C1N[C@@H](C)CO. The van der Waals surface area contributed by atoms with Crippen LogP contribution in [0.3, 0.4) is 0 Å². The lowest BCUT2D eigenvalue weighted by atomic mass is 9.94. The van der Waals surface area contributed by atoms with Gasteiger partial charge in [0.1, 0.15) is 12.0 Å². The van der Waals surface area contributed by atoms with Gasteiger partial charge in [-0.25, -0.2) is 18.4 Å². The standard InChI is InChI=1S/C23H31ClN6O4S/c1-14-12-30-21(26-22(14)25-15(2)13-31)11-19(27-30)20-6-4-5-9-29(20)23(32)17-10-16(24)7-8-18(17)28-35(3,33)34/h7-8,10,12,15,20-21,28,31H,4-6,9,11,13H2,1-3H3,(H,25,26)/t15-,20-,21?/m0/s1. The van der Waals surface area contributed by atoms with Gasteiger partial charge in [-0.05, 0) is 51.3 Å². The maximum absolute atomic E-state index is 13.7. The van der Waals surface area contributed by atoms with E-state index in [0.29, 0.717) is 18.0 Å². The Kier molecular flexibility index (Phi) is 7.39. The molecule has 1 fully saturated rings. The molecule has 0 bridgehead atoms. The fourth-order valence-corrected chi connectivity index (χ4v) is 5.31. The van der Waals surface area contributed by atoms with Crippen LogP contribution in [0.1, 0.15) is 49.9 Å². The summed E-state index contributed by atoms with van der Waals surface area (Å²) >= 11 is 6.17. The van der Waals surface area contributed by atoms with Crippen molar-refractivity contribution in [2.75, 3.05) is 24.1 Å². The summed E-state index contributed by atoms with van der Waals surface area (Å²) in [6, 6.07) is 4.22. The number of amidine groups is 1. The summed E-state index contributed by atoms with van der Waals surface area (Å²) in [6.07, 6.45) is 5.90. The molecule has 1 aromatic rings. The summed E-state index contributed by atoms with van der Waals surface area (Å²) < 4.78 is 26.2. The van der Waals surface area contributed by atoms with Crippen LogP contribution >= 0.6 is 11.6 Å². The molecule has 0 spiro atoms. The number of hydrazone groups is 1. The molecule has 35 heavy (non-hydrogen) atoms. The first-order valence-corrected chi connectivity index (χ1v) is 13.9. The molecule has 12 heteroatoms. The maximum Gasteiger partial charge on any atom is 0.256 e. The Morgan fingerprint density at radius 2 is 2.11 bits per heavy atom. The summed E-state index contributed by atoms with van der Waals surface area (Å²) in [5, 5.41) is 19.6. The van der Waals surface area contributed by atoms with Crippen LogP contribution < -0.4 is 10.0 Å². The molecule has 0 aliphatic carbocycles. The molecule has 3 heterocycles. The molecule has 3 N–H and O–H groups in total. The molecule has 4 rings (SSSR count).